The fourth-order valence-corrected chi connectivity index (χ4v) is 4.33. The second-order valence-electron chi connectivity index (χ2n) is 5.02. The average Bonchev–Trinajstić information content (AvgIpc) is 2.65. The maximum atomic E-state index is 12.3. The van der Waals surface area contributed by atoms with E-state index in [9.17, 15) is 8.42 Å². The average molecular weight is 247 g/mol. The lowest BCUT2D eigenvalue weighted by Gasteiger charge is -2.32. The van der Waals surface area contributed by atoms with Crippen LogP contribution in [0, 0.1) is 5.92 Å². The third kappa shape index (κ3) is 2.40. The van der Waals surface area contributed by atoms with E-state index in [2.05, 4.69) is 6.92 Å². The molecule has 2 fully saturated rings. The Hall–Kier alpha value is -0.170. The van der Waals surface area contributed by atoms with Crippen molar-refractivity contribution in [3.05, 3.63) is 0 Å². The van der Waals surface area contributed by atoms with Gasteiger partial charge in [0.05, 0.1) is 0 Å². The zero-order chi connectivity index (χ0) is 11.8. The highest BCUT2D eigenvalue weighted by molar-refractivity contribution is 7.86. The molecule has 16 heavy (non-hydrogen) atoms. The van der Waals surface area contributed by atoms with Crippen LogP contribution in [0.4, 0.5) is 0 Å². The van der Waals surface area contributed by atoms with E-state index in [1.54, 1.807) is 4.31 Å². The second kappa shape index (κ2) is 4.60. The normalized spacial score (nSPS) is 34.4. The first-order valence-electron chi connectivity index (χ1n) is 6.01. The first kappa shape index (κ1) is 12.3. The molecule has 2 atom stereocenters. The van der Waals surface area contributed by atoms with Gasteiger partial charge in [0, 0.05) is 32.2 Å². The lowest BCUT2D eigenvalue weighted by molar-refractivity contribution is 0.263. The lowest BCUT2D eigenvalue weighted by Crippen LogP contribution is -2.47. The van der Waals surface area contributed by atoms with Crippen molar-refractivity contribution in [2.24, 2.45) is 11.7 Å². The maximum Gasteiger partial charge on any atom is 0.282 e. The van der Waals surface area contributed by atoms with Gasteiger partial charge in [0.25, 0.3) is 10.2 Å². The van der Waals surface area contributed by atoms with E-state index in [0.717, 1.165) is 19.3 Å². The highest BCUT2D eigenvalue weighted by atomic mass is 32.2. The Balaban J connectivity index is 2.06. The van der Waals surface area contributed by atoms with E-state index in [1.807, 2.05) is 0 Å². The van der Waals surface area contributed by atoms with Gasteiger partial charge in [-0.25, -0.2) is 0 Å². The molecule has 0 bridgehead atoms. The van der Waals surface area contributed by atoms with E-state index in [4.69, 9.17) is 5.73 Å². The molecule has 0 amide bonds. The molecule has 2 heterocycles. The topological polar surface area (TPSA) is 66.6 Å². The minimum atomic E-state index is -3.24. The highest BCUT2D eigenvalue weighted by Crippen LogP contribution is 2.22. The number of rotatable bonds is 2. The molecule has 2 aliphatic rings. The minimum Gasteiger partial charge on any atom is -0.326 e. The van der Waals surface area contributed by atoms with Crippen molar-refractivity contribution in [1.82, 2.24) is 8.61 Å². The first-order chi connectivity index (χ1) is 7.50. The molecule has 0 saturated carbocycles. The summed E-state index contributed by atoms with van der Waals surface area (Å²) in [5, 5.41) is 0. The number of piperidine rings is 1. The van der Waals surface area contributed by atoms with Crippen LogP contribution in [0.2, 0.25) is 0 Å². The number of nitrogens with zero attached hydrogens (tertiary/aromatic N) is 2. The molecule has 0 aromatic carbocycles. The van der Waals surface area contributed by atoms with Crippen molar-refractivity contribution in [3.63, 3.8) is 0 Å². The number of nitrogens with two attached hydrogens (primary N) is 1. The molecule has 0 aromatic rings. The van der Waals surface area contributed by atoms with Crippen LogP contribution in [0.1, 0.15) is 26.2 Å². The summed E-state index contributed by atoms with van der Waals surface area (Å²) in [6.07, 6.45) is 2.88. The summed E-state index contributed by atoms with van der Waals surface area (Å²) in [5.74, 6) is 0.472. The van der Waals surface area contributed by atoms with Crippen LogP contribution >= 0.6 is 0 Å². The van der Waals surface area contributed by atoms with Gasteiger partial charge in [-0.1, -0.05) is 6.92 Å². The zero-order valence-electron chi connectivity index (χ0n) is 9.80. The second-order valence-corrected chi connectivity index (χ2v) is 6.95. The van der Waals surface area contributed by atoms with Crippen molar-refractivity contribution in [1.29, 1.82) is 0 Å². The van der Waals surface area contributed by atoms with Gasteiger partial charge in [0.15, 0.2) is 0 Å². The van der Waals surface area contributed by atoms with Gasteiger partial charge in [-0.3, -0.25) is 0 Å². The summed E-state index contributed by atoms with van der Waals surface area (Å²) in [4.78, 5) is 0. The van der Waals surface area contributed by atoms with Crippen LogP contribution in [0.25, 0.3) is 0 Å². The third-order valence-electron chi connectivity index (χ3n) is 3.46. The molecule has 2 rings (SSSR count). The summed E-state index contributed by atoms with van der Waals surface area (Å²) >= 11 is 0. The Morgan fingerprint density at radius 2 is 1.81 bits per heavy atom. The van der Waals surface area contributed by atoms with Gasteiger partial charge in [-0.15, -0.1) is 0 Å². The van der Waals surface area contributed by atoms with Crippen molar-refractivity contribution >= 4 is 10.2 Å². The third-order valence-corrected chi connectivity index (χ3v) is 5.43. The fraction of sp³-hybridized carbons (Fsp3) is 1.00. The smallest absolute Gasteiger partial charge is 0.282 e. The molecule has 2 N–H and O–H groups in total. The van der Waals surface area contributed by atoms with E-state index in [1.165, 1.54) is 4.31 Å². The zero-order valence-corrected chi connectivity index (χ0v) is 10.6. The quantitative estimate of drug-likeness (QED) is 0.746. The van der Waals surface area contributed by atoms with E-state index >= 15 is 0 Å². The van der Waals surface area contributed by atoms with E-state index in [-0.39, 0.29) is 6.04 Å². The summed E-state index contributed by atoms with van der Waals surface area (Å²) in [6.45, 7) is 4.49. The molecule has 6 heteroatoms. The van der Waals surface area contributed by atoms with E-state index < -0.39 is 10.2 Å². The van der Waals surface area contributed by atoms with Crippen LogP contribution in [0.3, 0.4) is 0 Å². The van der Waals surface area contributed by atoms with Crippen LogP contribution in [-0.4, -0.2) is 49.2 Å². The largest absolute Gasteiger partial charge is 0.326 e. The molecule has 94 valence electrons. The summed E-state index contributed by atoms with van der Waals surface area (Å²) in [7, 11) is -3.24. The van der Waals surface area contributed by atoms with Crippen LogP contribution in [0.15, 0.2) is 0 Å². The molecular formula is C10H21N3O2S. The SMILES string of the molecule is CC1CCCN(S(=O)(=O)N2CC[C@H](N)C2)C1. The maximum absolute atomic E-state index is 12.3. The van der Waals surface area contributed by atoms with Gasteiger partial charge in [0.2, 0.25) is 0 Å². The number of hydrogen-bond acceptors (Lipinski definition) is 3. The number of hydrogen-bond donors (Lipinski definition) is 1. The predicted molar refractivity (Wildman–Crippen MR) is 63.1 cm³/mol. The Morgan fingerprint density at radius 3 is 2.38 bits per heavy atom. The molecule has 5 nitrogen and oxygen atoms in total. The van der Waals surface area contributed by atoms with Crippen molar-refractivity contribution in [2.45, 2.75) is 32.2 Å². The molecule has 1 unspecified atom stereocenters. The lowest BCUT2D eigenvalue weighted by atomic mass is 10.0. The summed E-state index contributed by atoms with van der Waals surface area (Å²) < 4.78 is 27.7. The Labute approximate surface area is 97.8 Å². The molecule has 2 aliphatic heterocycles. The van der Waals surface area contributed by atoms with Crippen LogP contribution in [0.5, 0.6) is 0 Å². The Morgan fingerprint density at radius 1 is 1.12 bits per heavy atom. The van der Waals surface area contributed by atoms with Gasteiger partial charge >= 0.3 is 0 Å². The minimum absolute atomic E-state index is 0.0111. The van der Waals surface area contributed by atoms with Crippen LogP contribution < -0.4 is 5.73 Å². The van der Waals surface area contributed by atoms with Crippen LogP contribution in [-0.2, 0) is 10.2 Å². The van der Waals surface area contributed by atoms with E-state index in [0.29, 0.717) is 32.1 Å². The molecule has 2 saturated heterocycles. The standard InChI is InChI=1S/C10H21N3O2S/c1-9-3-2-5-12(7-9)16(14,15)13-6-4-10(11)8-13/h9-10H,2-8,11H2,1H3/t9?,10-/m0/s1. The van der Waals surface area contributed by atoms with Crippen molar-refractivity contribution in [3.8, 4) is 0 Å². The fourth-order valence-electron chi connectivity index (χ4n) is 2.48. The van der Waals surface area contributed by atoms with Gasteiger partial charge in [0.1, 0.15) is 0 Å². The molecule has 0 aromatic heterocycles. The molecular weight excluding hydrogens is 226 g/mol. The highest BCUT2D eigenvalue weighted by Gasteiger charge is 2.35. The van der Waals surface area contributed by atoms with Crippen molar-refractivity contribution in [2.75, 3.05) is 26.2 Å². The van der Waals surface area contributed by atoms with Gasteiger partial charge < -0.3 is 5.73 Å². The van der Waals surface area contributed by atoms with Gasteiger partial charge in [-0.05, 0) is 25.2 Å². The molecule has 0 aliphatic carbocycles. The summed E-state index contributed by atoms with van der Waals surface area (Å²) in [6, 6.07) is 0.0111. The Kier molecular flexibility index (Phi) is 3.53. The summed E-state index contributed by atoms with van der Waals surface area (Å²) in [5.41, 5.74) is 5.75. The predicted octanol–water partition coefficient (Wildman–Crippen LogP) is -0.00390. The Bertz CT molecular complexity index is 344. The van der Waals surface area contributed by atoms with Gasteiger partial charge in [-0.2, -0.15) is 17.0 Å². The monoisotopic (exact) mass is 247 g/mol. The van der Waals surface area contributed by atoms with Crippen molar-refractivity contribution < 1.29 is 8.42 Å². The molecule has 0 spiro atoms. The molecule has 0 radical (unpaired) electrons. The first-order valence-corrected chi connectivity index (χ1v) is 7.40.